The minimum Gasteiger partial charge on any atom is -0.466 e. The highest BCUT2D eigenvalue weighted by Crippen LogP contribution is 2.14. The first-order chi connectivity index (χ1) is 6.65. The molecule has 0 fully saturated rings. The van der Waals surface area contributed by atoms with Gasteiger partial charge in [-0.05, 0) is 24.6 Å². The Labute approximate surface area is 83.2 Å². The van der Waals surface area contributed by atoms with Crippen molar-refractivity contribution >= 4 is 17.7 Å². The number of methoxy groups -OCH3 is 1. The summed E-state index contributed by atoms with van der Waals surface area (Å²) in [6.07, 6.45) is 1.71. The molecule has 0 aliphatic carbocycles. The molecule has 0 spiro atoms. The van der Waals surface area contributed by atoms with E-state index in [0.29, 0.717) is 11.3 Å². The fraction of sp³-hybridized carbons (Fsp3) is 0.182. The largest absolute Gasteiger partial charge is 0.466 e. The number of hydrogen-bond donors (Lipinski definition) is 1. The van der Waals surface area contributed by atoms with Gasteiger partial charge in [0, 0.05) is 11.3 Å². The Morgan fingerprint density at radius 2 is 2.07 bits per heavy atom. The van der Waals surface area contributed by atoms with E-state index >= 15 is 0 Å². The fourth-order valence-electron chi connectivity index (χ4n) is 1.10. The van der Waals surface area contributed by atoms with Gasteiger partial charge in [-0.3, -0.25) is 0 Å². The van der Waals surface area contributed by atoms with E-state index in [0.717, 1.165) is 5.56 Å². The molecular weight excluding hydrogens is 178 g/mol. The van der Waals surface area contributed by atoms with E-state index < -0.39 is 0 Å². The van der Waals surface area contributed by atoms with Crippen molar-refractivity contribution in [1.29, 1.82) is 0 Å². The molecule has 2 N–H and O–H groups in total. The van der Waals surface area contributed by atoms with Gasteiger partial charge in [0.15, 0.2) is 0 Å². The predicted molar refractivity (Wildman–Crippen MR) is 56.5 cm³/mol. The van der Waals surface area contributed by atoms with Crippen LogP contribution in [-0.4, -0.2) is 13.1 Å². The third kappa shape index (κ3) is 2.36. The average Bonchev–Trinajstić information content (AvgIpc) is 2.20. The molecule has 74 valence electrons. The van der Waals surface area contributed by atoms with Crippen LogP contribution in [-0.2, 0) is 9.53 Å². The van der Waals surface area contributed by atoms with Crippen molar-refractivity contribution in [3.05, 3.63) is 35.4 Å². The monoisotopic (exact) mass is 191 g/mol. The summed E-state index contributed by atoms with van der Waals surface area (Å²) >= 11 is 0. The highest BCUT2D eigenvalue weighted by atomic mass is 16.5. The Morgan fingerprint density at radius 3 is 2.64 bits per heavy atom. The summed E-state index contributed by atoms with van der Waals surface area (Å²) in [6.45, 7) is 1.69. The molecule has 0 aliphatic heterocycles. The van der Waals surface area contributed by atoms with Crippen molar-refractivity contribution in [2.45, 2.75) is 6.92 Å². The SMILES string of the molecule is COC(=O)/C(C)=C/c1ccccc1N. The number of carbonyl (C=O) groups excluding carboxylic acids is 1. The normalized spacial score (nSPS) is 11.1. The standard InChI is InChI=1S/C11H13NO2/c1-8(11(13)14-2)7-9-5-3-4-6-10(9)12/h3-7H,12H2,1-2H3/b8-7+. The molecule has 3 heteroatoms. The number of hydrogen-bond acceptors (Lipinski definition) is 3. The molecule has 0 heterocycles. The number of carbonyl (C=O) groups is 1. The van der Waals surface area contributed by atoms with Gasteiger partial charge < -0.3 is 10.5 Å². The minimum atomic E-state index is -0.340. The first-order valence-electron chi connectivity index (χ1n) is 4.26. The summed E-state index contributed by atoms with van der Waals surface area (Å²) in [5.41, 5.74) is 7.72. The van der Waals surface area contributed by atoms with Crippen LogP contribution in [0.3, 0.4) is 0 Å². The lowest BCUT2D eigenvalue weighted by molar-refractivity contribution is -0.135. The number of para-hydroxylation sites is 1. The number of benzene rings is 1. The van der Waals surface area contributed by atoms with E-state index in [2.05, 4.69) is 4.74 Å². The van der Waals surface area contributed by atoms with E-state index in [1.807, 2.05) is 18.2 Å². The lowest BCUT2D eigenvalue weighted by Crippen LogP contribution is -2.01. The Bertz CT molecular complexity index is 369. The van der Waals surface area contributed by atoms with Gasteiger partial charge in [-0.15, -0.1) is 0 Å². The van der Waals surface area contributed by atoms with E-state index in [1.54, 1.807) is 19.1 Å². The number of ether oxygens (including phenoxy) is 1. The van der Waals surface area contributed by atoms with E-state index in [9.17, 15) is 4.79 Å². The van der Waals surface area contributed by atoms with Crippen LogP contribution >= 0.6 is 0 Å². The van der Waals surface area contributed by atoms with Crippen LogP contribution in [0, 0.1) is 0 Å². The maximum absolute atomic E-state index is 11.1. The quantitative estimate of drug-likeness (QED) is 0.441. The zero-order valence-electron chi connectivity index (χ0n) is 8.28. The van der Waals surface area contributed by atoms with Crippen molar-refractivity contribution in [3.8, 4) is 0 Å². The third-order valence-electron chi connectivity index (χ3n) is 1.88. The van der Waals surface area contributed by atoms with Gasteiger partial charge >= 0.3 is 5.97 Å². The first-order valence-corrected chi connectivity index (χ1v) is 4.26. The third-order valence-corrected chi connectivity index (χ3v) is 1.88. The first kappa shape index (κ1) is 10.3. The molecule has 1 aromatic rings. The molecule has 0 atom stereocenters. The molecule has 0 aliphatic rings. The van der Waals surface area contributed by atoms with Crippen LogP contribution in [0.25, 0.3) is 6.08 Å². The number of nitrogens with two attached hydrogens (primary N) is 1. The van der Waals surface area contributed by atoms with Gasteiger partial charge in [0.2, 0.25) is 0 Å². The molecule has 0 amide bonds. The maximum Gasteiger partial charge on any atom is 0.333 e. The highest BCUT2D eigenvalue weighted by molar-refractivity contribution is 5.93. The molecule has 3 nitrogen and oxygen atoms in total. The zero-order chi connectivity index (χ0) is 10.6. The summed E-state index contributed by atoms with van der Waals surface area (Å²) in [4.78, 5) is 11.1. The van der Waals surface area contributed by atoms with E-state index in [1.165, 1.54) is 7.11 Å². The van der Waals surface area contributed by atoms with Crippen molar-refractivity contribution in [3.63, 3.8) is 0 Å². The highest BCUT2D eigenvalue weighted by Gasteiger charge is 2.03. The number of esters is 1. The molecule has 0 saturated carbocycles. The van der Waals surface area contributed by atoms with Crippen molar-refractivity contribution < 1.29 is 9.53 Å². The van der Waals surface area contributed by atoms with Crippen LogP contribution in [0.4, 0.5) is 5.69 Å². The van der Waals surface area contributed by atoms with Crippen molar-refractivity contribution in [2.75, 3.05) is 12.8 Å². The molecule has 0 unspecified atom stereocenters. The van der Waals surface area contributed by atoms with Crippen LogP contribution in [0.15, 0.2) is 29.8 Å². The Morgan fingerprint density at radius 1 is 1.43 bits per heavy atom. The molecule has 0 radical (unpaired) electrons. The fourth-order valence-corrected chi connectivity index (χ4v) is 1.10. The lowest BCUT2D eigenvalue weighted by atomic mass is 10.1. The summed E-state index contributed by atoms with van der Waals surface area (Å²) in [7, 11) is 1.36. The zero-order valence-corrected chi connectivity index (χ0v) is 8.28. The summed E-state index contributed by atoms with van der Waals surface area (Å²) < 4.78 is 4.58. The van der Waals surface area contributed by atoms with E-state index in [4.69, 9.17) is 5.73 Å². The molecule has 0 aromatic heterocycles. The van der Waals surface area contributed by atoms with Gasteiger partial charge in [0.25, 0.3) is 0 Å². The second kappa shape index (κ2) is 4.46. The molecule has 0 saturated heterocycles. The van der Waals surface area contributed by atoms with E-state index in [-0.39, 0.29) is 5.97 Å². The number of rotatable bonds is 2. The summed E-state index contributed by atoms with van der Waals surface area (Å²) in [6, 6.07) is 7.35. The lowest BCUT2D eigenvalue weighted by Gasteiger charge is -2.01. The number of anilines is 1. The van der Waals surface area contributed by atoms with Crippen LogP contribution < -0.4 is 5.73 Å². The Kier molecular flexibility index (Phi) is 3.29. The van der Waals surface area contributed by atoms with Crippen LogP contribution in [0.1, 0.15) is 12.5 Å². The second-order valence-corrected chi connectivity index (χ2v) is 2.95. The van der Waals surface area contributed by atoms with Gasteiger partial charge in [-0.1, -0.05) is 18.2 Å². The maximum atomic E-state index is 11.1. The topological polar surface area (TPSA) is 52.3 Å². The molecule has 1 aromatic carbocycles. The van der Waals surface area contributed by atoms with Crippen molar-refractivity contribution in [1.82, 2.24) is 0 Å². The smallest absolute Gasteiger partial charge is 0.333 e. The Balaban J connectivity index is 2.97. The Hall–Kier alpha value is -1.77. The summed E-state index contributed by atoms with van der Waals surface area (Å²) in [5.74, 6) is -0.340. The minimum absolute atomic E-state index is 0.340. The van der Waals surface area contributed by atoms with Crippen molar-refractivity contribution in [2.24, 2.45) is 0 Å². The van der Waals surface area contributed by atoms with Crippen LogP contribution in [0.2, 0.25) is 0 Å². The predicted octanol–water partition coefficient (Wildman–Crippen LogP) is 1.85. The molecule has 14 heavy (non-hydrogen) atoms. The second-order valence-electron chi connectivity index (χ2n) is 2.95. The summed E-state index contributed by atoms with van der Waals surface area (Å²) in [5, 5.41) is 0. The van der Waals surface area contributed by atoms with Gasteiger partial charge in [-0.25, -0.2) is 4.79 Å². The number of nitrogen functional groups attached to an aromatic ring is 1. The molecule has 1 rings (SSSR count). The van der Waals surface area contributed by atoms with Gasteiger partial charge in [0.05, 0.1) is 7.11 Å². The van der Waals surface area contributed by atoms with Crippen LogP contribution in [0.5, 0.6) is 0 Å². The van der Waals surface area contributed by atoms with Gasteiger partial charge in [-0.2, -0.15) is 0 Å². The molecule has 0 bridgehead atoms. The van der Waals surface area contributed by atoms with Gasteiger partial charge in [0.1, 0.15) is 0 Å². The average molecular weight is 191 g/mol. The molecular formula is C11H13NO2.